The molecule has 2 rings (SSSR count). The number of nitrogens with one attached hydrogen (secondary N) is 1. The van der Waals surface area contributed by atoms with E-state index in [0.717, 1.165) is 37.5 Å². The van der Waals surface area contributed by atoms with Gasteiger partial charge in [0, 0.05) is 24.0 Å². The van der Waals surface area contributed by atoms with Crippen LogP contribution in [-0.4, -0.2) is 29.5 Å². The third-order valence-corrected chi connectivity index (χ3v) is 3.53. The summed E-state index contributed by atoms with van der Waals surface area (Å²) in [5.41, 5.74) is 2.35. The lowest BCUT2D eigenvalue weighted by atomic mass is 10.1. The number of para-hydroxylation sites is 1. The zero-order chi connectivity index (χ0) is 14.4. The number of nitrogens with zero attached hydrogens (tertiary/aromatic N) is 2. The van der Waals surface area contributed by atoms with Crippen molar-refractivity contribution in [3.05, 3.63) is 35.9 Å². The monoisotopic (exact) mass is 271 g/mol. The van der Waals surface area contributed by atoms with E-state index in [1.165, 1.54) is 17.4 Å². The van der Waals surface area contributed by atoms with Crippen molar-refractivity contribution < 1.29 is 0 Å². The SMILES string of the molecule is CCCN(CC)Cc1cc2ccccc2nc1NCC. The second-order valence-corrected chi connectivity index (χ2v) is 5.09. The molecule has 0 saturated heterocycles. The fourth-order valence-corrected chi connectivity index (χ4v) is 2.51. The van der Waals surface area contributed by atoms with Gasteiger partial charge in [0.1, 0.15) is 5.82 Å². The van der Waals surface area contributed by atoms with Crippen LogP contribution in [0.4, 0.5) is 5.82 Å². The number of rotatable bonds is 7. The van der Waals surface area contributed by atoms with Gasteiger partial charge in [0.05, 0.1) is 5.52 Å². The highest BCUT2D eigenvalue weighted by Crippen LogP contribution is 2.22. The molecule has 20 heavy (non-hydrogen) atoms. The van der Waals surface area contributed by atoms with Crippen LogP contribution in [0.15, 0.2) is 30.3 Å². The highest BCUT2D eigenvalue weighted by Gasteiger charge is 2.09. The van der Waals surface area contributed by atoms with E-state index in [1.54, 1.807) is 0 Å². The second kappa shape index (κ2) is 7.25. The molecule has 0 aliphatic heterocycles. The molecule has 1 N–H and O–H groups in total. The quantitative estimate of drug-likeness (QED) is 0.828. The molecule has 0 bridgehead atoms. The summed E-state index contributed by atoms with van der Waals surface area (Å²) in [6, 6.07) is 10.6. The van der Waals surface area contributed by atoms with Gasteiger partial charge in [-0.2, -0.15) is 0 Å². The second-order valence-electron chi connectivity index (χ2n) is 5.09. The van der Waals surface area contributed by atoms with Gasteiger partial charge in [-0.3, -0.25) is 4.90 Å². The first-order valence-corrected chi connectivity index (χ1v) is 7.63. The lowest BCUT2D eigenvalue weighted by Crippen LogP contribution is -2.24. The van der Waals surface area contributed by atoms with Crippen molar-refractivity contribution >= 4 is 16.7 Å². The van der Waals surface area contributed by atoms with Gasteiger partial charge in [-0.25, -0.2) is 4.98 Å². The summed E-state index contributed by atoms with van der Waals surface area (Å²) in [4.78, 5) is 7.24. The molecule has 3 heteroatoms. The van der Waals surface area contributed by atoms with Crippen LogP contribution >= 0.6 is 0 Å². The van der Waals surface area contributed by atoms with Crippen molar-refractivity contribution in [1.29, 1.82) is 0 Å². The number of pyridine rings is 1. The Morgan fingerprint density at radius 2 is 1.95 bits per heavy atom. The normalized spacial score (nSPS) is 11.2. The number of anilines is 1. The van der Waals surface area contributed by atoms with Gasteiger partial charge in [-0.05, 0) is 38.6 Å². The van der Waals surface area contributed by atoms with Crippen LogP contribution in [0.5, 0.6) is 0 Å². The Labute approximate surface area is 122 Å². The average Bonchev–Trinajstić information content (AvgIpc) is 2.47. The van der Waals surface area contributed by atoms with Crippen molar-refractivity contribution in [3.8, 4) is 0 Å². The molecular formula is C17H25N3. The van der Waals surface area contributed by atoms with Gasteiger partial charge in [0.2, 0.25) is 0 Å². The van der Waals surface area contributed by atoms with Gasteiger partial charge in [0.15, 0.2) is 0 Å². The highest BCUT2D eigenvalue weighted by atomic mass is 15.1. The van der Waals surface area contributed by atoms with Crippen LogP contribution < -0.4 is 5.32 Å². The molecule has 0 fully saturated rings. The minimum atomic E-state index is 0.901. The summed E-state index contributed by atoms with van der Waals surface area (Å²) in [6.07, 6.45) is 1.19. The Morgan fingerprint density at radius 3 is 2.65 bits per heavy atom. The van der Waals surface area contributed by atoms with Crippen molar-refractivity contribution in [2.24, 2.45) is 0 Å². The Bertz CT molecular complexity index is 551. The third kappa shape index (κ3) is 3.48. The summed E-state index contributed by atoms with van der Waals surface area (Å²) in [5, 5.41) is 4.62. The molecule has 0 aliphatic rings. The zero-order valence-corrected chi connectivity index (χ0v) is 12.8. The standard InChI is InChI=1S/C17H25N3/c1-4-11-20(6-3)13-15-12-14-9-7-8-10-16(14)19-17(15)18-5-2/h7-10,12H,4-6,11,13H2,1-3H3,(H,18,19). The zero-order valence-electron chi connectivity index (χ0n) is 12.8. The lowest BCUT2D eigenvalue weighted by Gasteiger charge is -2.21. The Hall–Kier alpha value is -1.61. The molecular weight excluding hydrogens is 246 g/mol. The van der Waals surface area contributed by atoms with Crippen LogP contribution in [0.3, 0.4) is 0 Å². The Balaban J connectivity index is 2.35. The largest absolute Gasteiger partial charge is 0.370 e. The molecule has 1 aromatic heterocycles. The number of benzene rings is 1. The van der Waals surface area contributed by atoms with Gasteiger partial charge >= 0.3 is 0 Å². The first-order chi connectivity index (χ1) is 9.78. The van der Waals surface area contributed by atoms with Crippen molar-refractivity contribution in [2.75, 3.05) is 25.0 Å². The molecule has 1 aromatic carbocycles. The van der Waals surface area contributed by atoms with E-state index in [4.69, 9.17) is 4.98 Å². The summed E-state index contributed by atoms with van der Waals surface area (Å²) >= 11 is 0. The van der Waals surface area contributed by atoms with E-state index >= 15 is 0 Å². The molecule has 0 unspecified atom stereocenters. The van der Waals surface area contributed by atoms with Crippen LogP contribution in [0.2, 0.25) is 0 Å². The fraction of sp³-hybridized carbons (Fsp3) is 0.471. The van der Waals surface area contributed by atoms with Gasteiger partial charge in [-0.15, -0.1) is 0 Å². The van der Waals surface area contributed by atoms with E-state index in [9.17, 15) is 0 Å². The highest BCUT2D eigenvalue weighted by molar-refractivity contribution is 5.81. The number of hydrogen-bond donors (Lipinski definition) is 1. The topological polar surface area (TPSA) is 28.2 Å². The van der Waals surface area contributed by atoms with Crippen LogP contribution in [0.1, 0.15) is 32.8 Å². The maximum atomic E-state index is 4.77. The minimum absolute atomic E-state index is 0.901. The number of fused-ring (bicyclic) bond motifs is 1. The molecule has 0 spiro atoms. The van der Waals surface area contributed by atoms with Gasteiger partial charge in [0.25, 0.3) is 0 Å². The molecule has 0 aliphatic carbocycles. The molecule has 2 aromatic rings. The van der Waals surface area contributed by atoms with Crippen molar-refractivity contribution in [3.63, 3.8) is 0 Å². The summed E-state index contributed by atoms with van der Waals surface area (Å²) in [5.74, 6) is 1.03. The molecule has 0 amide bonds. The van der Waals surface area contributed by atoms with E-state index in [1.807, 2.05) is 6.07 Å². The molecule has 0 atom stereocenters. The van der Waals surface area contributed by atoms with Crippen molar-refractivity contribution in [1.82, 2.24) is 9.88 Å². The maximum absolute atomic E-state index is 4.77. The molecule has 1 heterocycles. The molecule has 0 radical (unpaired) electrons. The summed E-state index contributed by atoms with van der Waals surface area (Å²) in [6.45, 7) is 10.6. The molecule has 108 valence electrons. The van der Waals surface area contributed by atoms with Crippen LogP contribution in [0, 0.1) is 0 Å². The first-order valence-electron chi connectivity index (χ1n) is 7.63. The van der Waals surface area contributed by atoms with Crippen molar-refractivity contribution in [2.45, 2.75) is 33.7 Å². The van der Waals surface area contributed by atoms with E-state index in [2.05, 4.69) is 55.3 Å². The van der Waals surface area contributed by atoms with E-state index in [-0.39, 0.29) is 0 Å². The smallest absolute Gasteiger partial charge is 0.131 e. The number of aromatic nitrogens is 1. The van der Waals surface area contributed by atoms with Crippen LogP contribution in [0.25, 0.3) is 10.9 Å². The fourth-order valence-electron chi connectivity index (χ4n) is 2.51. The van der Waals surface area contributed by atoms with Gasteiger partial charge < -0.3 is 5.32 Å². The maximum Gasteiger partial charge on any atom is 0.131 e. The predicted octanol–water partition coefficient (Wildman–Crippen LogP) is 3.90. The van der Waals surface area contributed by atoms with Crippen LogP contribution in [-0.2, 0) is 6.54 Å². The predicted molar refractivity (Wildman–Crippen MR) is 87.1 cm³/mol. The number of hydrogen-bond acceptors (Lipinski definition) is 3. The third-order valence-electron chi connectivity index (χ3n) is 3.53. The van der Waals surface area contributed by atoms with E-state index in [0.29, 0.717) is 0 Å². The minimum Gasteiger partial charge on any atom is -0.370 e. The lowest BCUT2D eigenvalue weighted by molar-refractivity contribution is 0.281. The van der Waals surface area contributed by atoms with E-state index < -0.39 is 0 Å². The first kappa shape index (κ1) is 14.8. The average molecular weight is 271 g/mol. The molecule has 3 nitrogen and oxygen atoms in total. The summed E-state index contributed by atoms with van der Waals surface area (Å²) < 4.78 is 0. The Morgan fingerprint density at radius 1 is 1.15 bits per heavy atom. The van der Waals surface area contributed by atoms with Gasteiger partial charge in [-0.1, -0.05) is 32.0 Å². The summed E-state index contributed by atoms with van der Waals surface area (Å²) in [7, 11) is 0. The molecule has 0 saturated carbocycles. The Kier molecular flexibility index (Phi) is 5.36.